The van der Waals surface area contributed by atoms with Crippen molar-refractivity contribution in [3.63, 3.8) is 0 Å². The van der Waals surface area contributed by atoms with Gasteiger partial charge in [-0.1, -0.05) is 31.2 Å². The van der Waals surface area contributed by atoms with Gasteiger partial charge in [-0.05, 0) is 13.3 Å². The molecule has 3 nitrogen and oxygen atoms in total. The van der Waals surface area contributed by atoms with Gasteiger partial charge in [0.2, 0.25) is 0 Å². The molecule has 0 aliphatic rings. The molecule has 0 saturated carbocycles. The second-order valence-corrected chi connectivity index (χ2v) is 4.24. The molecule has 17 heavy (non-hydrogen) atoms. The highest BCUT2D eigenvalue weighted by Crippen LogP contribution is 2.19. The first-order valence-electron chi connectivity index (χ1n) is 5.95. The molecule has 1 heterocycles. The van der Waals surface area contributed by atoms with Crippen molar-refractivity contribution in [2.24, 2.45) is 0 Å². The normalized spacial score (nSPS) is 10.7. The fraction of sp³-hybridized carbons (Fsp3) is 0.357. The van der Waals surface area contributed by atoms with Crippen LogP contribution in [-0.2, 0) is 11.2 Å². The summed E-state index contributed by atoms with van der Waals surface area (Å²) in [6.07, 6.45) is 1.89. The van der Waals surface area contributed by atoms with Crippen LogP contribution in [0.2, 0.25) is 0 Å². The Morgan fingerprint density at radius 2 is 1.88 bits per heavy atom. The van der Waals surface area contributed by atoms with E-state index in [2.05, 4.69) is 10.2 Å². The summed E-state index contributed by atoms with van der Waals surface area (Å²) in [4.78, 5) is 11.7. The first-order valence-corrected chi connectivity index (χ1v) is 5.95. The molecular formula is C14H16N2O. The lowest BCUT2D eigenvalue weighted by Gasteiger charge is -2.05. The number of aryl methyl sites for hydroxylation is 1. The number of hydrogen-bond acceptors (Lipinski definition) is 3. The van der Waals surface area contributed by atoms with Gasteiger partial charge in [-0.25, -0.2) is 0 Å². The molecule has 0 radical (unpaired) electrons. The minimum atomic E-state index is 0.232. The van der Waals surface area contributed by atoms with Crippen LogP contribution in [0.4, 0.5) is 0 Å². The van der Waals surface area contributed by atoms with Crippen molar-refractivity contribution in [1.29, 1.82) is 0 Å². The van der Waals surface area contributed by atoms with Crippen LogP contribution >= 0.6 is 0 Å². The van der Waals surface area contributed by atoms with E-state index < -0.39 is 0 Å². The van der Waals surface area contributed by atoms with E-state index in [1.807, 2.05) is 38.1 Å². The smallest absolute Gasteiger partial charge is 0.138 e. The molecule has 0 spiro atoms. The number of carbonyl (C=O) groups excluding carboxylic acids is 1. The molecule has 0 aliphatic carbocycles. The average Bonchev–Trinajstić information content (AvgIpc) is 2.34. The van der Waals surface area contributed by atoms with E-state index in [0.29, 0.717) is 12.8 Å². The quantitative estimate of drug-likeness (QED) is 0.808. The lowest BCUT2D eigenvalue weighted by Crippen LogP contribution is -2.06. The van der Waals surface area contributed by atoms with E-state index >= 15 is 0 Å². The van der Waals surface area contributed by atoms with Gasteiger partial charge in [0.05, 0.1) is 17.8 Å². The van der Waals surface area contributed by atoms with Gasteiger partial charge < -0.3 is 0 Å². The first-order chi connectivity index (χ1) is 8.22. The van der Waals surface area contributed by atoms with Crippen molar-refractivity contribution in [1.82, 2.24) is 10.2 Å². The third-order valence-corrected chi connectivity index (χ3v) is 2.84. The summed E-state index contributed by atoms with van der Waals surface area (Å²) in [6, 6.07) is 7.98. The standard InChI is InChI=1S/C14H16N2O/c1-3-6-11(17)9-14-13-8-5-4-7-12(13)10(2)15-16-14/h4-5,7-8H,3,6,9H2,1-2H3. The number of ketones is 1. The summed E-state index contributed by atoms with van der Waals surface area (Å²) >= 11 is 0. The van der Waals surface area contributed by atoms with E-state index in [1.54, 1.807) is 0 Å². The Morgan fingerprint density at radius 3 is 2.59 bits per heavy atom. The van der Waals surface area contributed by atoms with Crippen LogP contribution < -0.4 is 0 Å². The van der Waals surface area contributed by atoms with Gasteiger partial charge in [-0.3, -0.25) is 4.79 Å². The molecule has 0 N–H and O–H groups in total. The van der Waals surface area contributed by atoms with Crippen molar-refractivity contribution >= 4 is 16.6 Å². The third-order valence-electron chi connectivity index (χ3n) is 2.84. The summed E-state index contributed by atoms with van der Waals surface area (Å²) in [6.45, 7) is 3.95. The maximum atomic E-state index is 11.7. The number of nitrogens with zero attached hydrogens (tertiary/aromatic N) is 2. The summed E-state index contributed by atoms with van der Waals surface area (Å²) in [7, 11) is 0. The van der Waals surface area contributed by atoms with Crippen LogP contribution in [0.5, 0.6) is 0 Å². The zero-order valence-corrected chi connectivity index (χ0v) is 10.2. The van der Waals surface area contributed by atoms with Crippen LogP contribution in [0.3, 0.4) is 0 Å². The Bertz CT molecular complexity index is 549. The van der Waals surface area contributed by atoms with E-state index in [4.69, 9.17) is 0 Å². The Morgan fingerprint density at radius 1 is 1.18 bits per heavy atom. The molecule has 0 amide bonds. The number of aromatic nitrogens is 2. The fourth-order valence-corrected chi connectivity index (χ4v) is 1.98. The minimum absolute atomic E-state index is 0.232. The Kier molecular flexibility index (Phi) is 3.47. The Labute approximate surface area is 101 Å². The van der Waals surface area contributed by atoms with Gasteiger partial charge in [0, 0.05) is 17.2 Å². The molecule has 0 bridgehead atoms. The zero-order chi connectivity index (χ0) is 12.3. The summed E-state index contributed by atoms with van der Waals surface area (Å²) in [5.74, 6) is 0.232. The highest BCUT2D eigenvalue weighted by molar-refractivity contribution is 5.90. The number of hydrogen-bond donors (Lipinski definition) is 0. The third kappa shape index (κ3) is 2.49. The molecule has 2 rings (SSSR count). The minimum Gasteiger partial charge on any atom is -0.299 e. The van der Waals surface area contributed by atoms with Crippen molar-refractivity contribution in [2.45, 2.75) is 33.1 Å². The SMILES string of the molecule is CCCC(=O)Cc1nnc(C)c2ccccc12. The second kappa shape index (κ2) is 5.04. The lowest BCUT2D eigenvalue weighted by atomic mass is 10.0. The number of benzene rings is 1. The number of fused-ring (bicyclic) bond motifs is 1. The molecular weight excluding hydrogens is 212 g/mol. The van der Waals surface area contributed by atoms with Gasteiger partial charge in [0.15, 0.2) is 0 Å². The summed E-state index contributed by atoms with van der Waals surface area (Å²) in [5.41, 5.74) is 1.71. The predicted octanol–water partition coefficient (Wildman–Crippen LogP) is 2.85. The van der Waals surface area contributed by atoms with Gasteiger partial charge >= 0.3 is 0 Å². The van der Waals surface area contributed by atoms with E-state index in [9.17, 15) is 4.79 Å². The number of carbonyl (C=O) groups is 1. The highest BCUT2D eigenvalue weighted by atomic mass is 16.1. The van der Waals surface area contributed by atoms with Gasteiger partial charge in [-0.2, -0.15) is 10.2 Å². The Balaban J connectivity index is 2.41. The van der Waals surface area contributed by atoms with Crippen molar-refractivity contribution in [2.75, 3.05) is 0 Å². The fourth-order valence-electron chi connectivity index (χ4n) is 1.98. The number of rotatable bonds is 4. The molecule has 1 aromatic heterocycles. The van der Waals surface area contributed by atoms with E-state index in [-0.39, 0.29) is 5.78 Å². The summed E-state index contributed by atoms with van der Waals surface area (Å²) < 4.78 is 0. The maximum absolute atomic E-state index is 11.7. The lowest BCUT2D eigenvalue weighted by molar-refractivity contribution is -0.118. The van der Waals surface area contributed by atoms with Crippen molar-refractivity contribution < 1.29 is 4.79 Å². The van der Waals surface area contributed by atoms with E-state index in [0.717, 1.165) is 28.6 Å². The van der Waals surface area contributed by atoms with Gasteiger partial charge in [0.1, 0.15) is 5.78 Å². The molecule has 0 atom stereocenters. The first kappa shape index (κ1) is 11.7. The highest BCUT2D eigenvalue weighted by Gasteiger charge is 2.09. The van der Waals surface area contributed by atoms with Crippen LogP contribution in [-0.4, -0.2) is 16.0 Å². The molecule has 0 aliphatic heterocycles. The van der Waals surface area contributed by atoms with Crippen LogP contribution in [0.1, 0.15) is 31.2 Å². The van der Waals surface area contributed by atoms with Gasteiger partial charge in [-0.15, -0.1) is 0 Å². The van der Waals surface area contributed by atoms with Crippen LogP contribution in [0, 0.1) is 6.92 Å². The van der Waals surface area contributed by atoms with E-state index in [1.165, 1.54) is 0 Å². The monoisotopic (exact) mass is 228 g/mol. The Hall–Kier alpha value is -1.77. The zero-order valence-electron chi connectivity index (χ0n) is 10.2. The molecule has 0 unspecified atom stereocenters. The van der Waals surface area contributed by atoms with Crippen LogP contribution in [0.25, 0.3) is 10.8 Å². The van der Waals surface area contributed by atoms with Gasteiger partial charge in [0.25, 0.3) is 0 Å². The average molecular weight is 228 g/mol. The molecule has 88 valence electrons. The summed E-state index contributed by atoms with van der Waals surface area (Å²) in [5, 5.41) is 10.4. The molecule has 2 aromatic rings. The van der Waals surface area contributed by atoms with Crippen molar-refractivity contribution in [3.8, 4) is 0 Å². The molecule has 0 saturated heterocycles. The maximum Gasteiger partial charge on any atom is 0.138 e. The van der Waals surface area contributed by atoms with Crippen molar-refractivity contribution in [3.05, 3.63) is 35.7 Å². The van der Waals surface area contributed by atoms with Crippen LogP contribution in [0.15, 0.2) is 24.3 Å². The second-order valence-electron chi connectivity index (χ2n) is 4.24. The molecule has 0 fully saturated rings. The largest absolute Gasteiger partial charge is 0.299 e. The number of Topliss-reactive ketones (excluding diaryl/α,β-unsaturated/α-hetero) is 1. The predicted molar refractivity (Wildman–Crippen MR) is 67.9 cm³/mol. The molecule has 1 aromatic carbocycles. The topological polar surface area (TPSA) is 42.9 Å². The molecule has 3 heteroatoms.